The largest absolute Gasteiger partial charge is 0.331 e. The lowest BCUT2D eigenvalue weighted by molar-refractivity contribution is 0.235. The summed E-state index contributed by atoms with van der Waals surface area (Å²) in [4.78, 5) is 13.5. The first-order valence-electron chi connectivity index (χ1n) is 7.98. The van der Waals surface area contributed by atoms with Gasteiger partial charge in [0.1, 0.15) is 5.82 Å². The van der Waals surface area contributed by atoms with Crippen LogP contribution in [0.4, 0.5) is 4.79 Å². The molecular weight excluding hydrogens is 310 g/mol. The Kier molecular flexibility index (Phi) is 3.95. The van der Waals surface area contributed by atoms with E-state index in [0.717, 1.165) is 43.2 Å². The molecule has 23 heavy (non-hydrogen) atoms. The van der Waals surface area contributed by atoms with Crippen LogP contribution in [0, 0.1) is 0 Å². The number of benzene rings is 1. The molecule has 2 aromatic rings. The molecule has 0 saturated carbocycles. The molecular formula is C16H19N5OS. The van der Waals surface area contributed by atoms with Gasteiger partial charge in [-0.15, -0.1) is 22.0 Å². The number of carbonyl (C=O) groups excluding carboxylic acids is 1. The first-order valence-corrected chi connectivity index (χ1v) is 8.97. The summed E-state index contributed by atoms with van der Waals surface area (Å²) >= 11 is 1.85. The van der Waals surface area contributed by atoms with Crippen molar-refractivity contribution in [3.8, 4) is 0 Å². The maximum atomic E-state index is 12.2. The zero-order chi connectivity index (χ0) is 15.6. The monoisotopic (exact) mass is 329 g/mol. The van der Waals surface area contributed by atoms with Gasteiger partial charge >= 0.3 is 6.03 Å². The van der Waals surface area contributed by atoms with Gasteiger partial charge in [0.05, 0.1) is 12.6 Å². The summed E-state index contributed by atoms with van der Waals surface area (Å²) in [5, 5.41) is 14.3. The predicted molar refractivity (Wildman–Crippen MR) is 88.2 cm³/mol. The minimum absolute atomic E-state index is 0.0802. The van der Waals surface area contributed by atoms with Gasteiger partial charge in [-0.05, 0) is 24.5 Å². The molecule has 0 bridgehead atoms. The fraction of sp³-hybridized carbons (Fsp3) is 0.438. The van der Waals surface area contributed by atoms with E-state index in [4.69, 9.17) is 0 Å². The Morgan fingerprint density at radius 3 is 3.22 bits per heavy atom. The van der Waals surface area contributed by atoms with Crippen LogP contribution >= 0.6 is 11.8 Å². The second-order valence-electron chi connectivity index (χ2n) is 5.84. The molecule has 2 aliphatic heterocycles. The molecule has 0 aliphatic carbocycles. The zero-order valence-electron chi connectivity index (χ0n) is 12.8. The number of nitrogens with zero attached hydrogens (tertiary/aromatic N) is 3. The van der Waals surface area contributed by atoms with Gasteiger partial charge < -0.3 is 15.2 Å². The minimum Gasteiger partial charge on any atom is -0.331 e. The van der Waals surface area contributed by atoms with Crippen LogP contribution in [0.2, 0.25) is 0 Å². The van der Waals surface area contributed by atoms with Crippen molar-refractivity contribution >= 4 is 17.8 Å². The molecule has 1 aromatic heterocycles. The van der Waals surface area contributed by atoms with Crippen LogP contribution in [0.25, 0.3) is 0 Å². The molecule has 2 amide bonds. The van der Waals surface area contributed by atoms with Gasteiger partial charge in [0, 0.05) is 23.6 Å². The van der Waals surface area contributed by atoms with E-state index >= 15 is 0 Å². The van der Waals surface area contributed by atoms with E-state index in [1.54, 1.807) is 0 Å². The number of rotatable bonds is 3. The first-order chi connectivity index (χ1) is 11.3. The second-order valence-corrected chi connectivity index (χ2v) is 6.98. The Bertz CT molecular complexity index is 729. The number of aromatic nitrogens is 3. The summed E-state index contributed by atoms with van der Waals surface area (Å²) < 4.78 is 2.10. The molecule has 0 radical (unpaired) electrons. The van der Waals surface area contributed by atoms with Gasteiger partial charge in [0.2, 0.25) is 0 Å². The second kappa shape index (κ2) is 6.23. The molecule has 6 nitrogen and oxygen atoms in total. The Balaban J connectivity index is 1.37. The third-order valence-electron chi connectivity index (χ3n) is 4.36. The van der Waals surface area contributed by atoms with Crippen molar-refractivity contribution in [3.63, 3.8) is 0 Å². The van der Waals surface area contributed by atoms with Crippen LogP contribution in [0.15, 0.2) is 29.2 Å². The van der Waals surface area contributed by atoms with Crippen LogP contribution in [0.1, 0.15) is 36.1 Å². The van der Waals surface area contributed by atoms with Gasteiger partial charge in [-0.1, -0.05) is 18.2 Å². The average Bonchev–Trinajstić information content (AvgIpc) is 3.17. The molecule has 0 spiro atoms. The van der Waals surface area contributed by atoms with Crippen molar-refractivity contribution in [3.05, 3.63) is 41.5 Å². The molecule has 2 aliphatic rings. The number of urea groups is 1. The van der Waals surface area contributed by atoms with E-state index in [-0.39, 0.29) is 12.1 Å². The Morgan fingerprint density at radius 2 is 2.26 bits per heavy atom. The fourth-order valence-corrected chi connectivity index (χ4v) is 4.33. The summed E-state index contributed by atoms with van der Waals surface area (Å²) in [5.74, 6) is 2.90. The van der Waals surface area contributed by atoms with E-state index in [1.807, 2.05) is 23.9 Å². The van der Waals surface area contributed by atoms with Gasteiger partial charge in [-0.2, -0.15) is 0 Å². The third-order valence-corrected chi connectivity index (χ3v) is 5.48. The number of hydrogen-bond acceptors (Lipinski definition) is 4. The normalized spacial score (nSPS) is 19.0. The van der Waals surface area contributed by atoms with E-state index < -0.39 is 0 Å². The highest BCUT2D eigenvalue weighted by Crippen LogP contribution is 2.35. The van der Waals surface area contributed by atoms with Crippen molar-refractivity contribution in [2.24, 2.45) is 0 Å². The standard InChI is InChI=1S/C16H19N5OS/c22-16(17-10-15-20-19-14-6-3-8-21(14)15)18-12-7-9-23-13-5-2-1-4-11(12)13/h1-2,4-5,12H,3,6-10H2,(H2,17,18,22)/t12-/m1/s1. The smallest absolute Gasteiger partial charge is 0.315 e. The van der Waals surface area contributed by atoms with Crippen LogP contribution in [-0.4, -0.2) is 26.5 Å². The van der Waals surface area contributed by atoms with Crippen molar-refractivity contribution in [2.75, 3.05) is 5.75 Å². The van der Waals surface area contributed by atoms with Crippen LogP contribution in [-0.2, 0) is 19.5 Å². The quantitative estimate of drug-likeness (QED) is 0.906. The number of amides is 2. The van der Waals surface area contributed by atoms with Crippen LogP contribution < -0.4 is 10.6 Å². The van der Waals surface area contributed by atoms with E-state index in [2.05, 4.69) is 37.5 Å². The molecule has 4 rings (SSSR count). The number of fused-ring (bicyclic) bond motifs is 2. The molecule has 1 atom stereocenters. The summed E-state index contributed by atoms with van der Waals surface area (Å²) in [5.41, 5.74) is 1.21. The minimum atomic E-state index is -0.146. The number of carbonyl (C=O) groups is 1. The summed E-state index contributed by atoms with van der Waals surface area (Å²) in [6.07, 6.45) is 3.05. The molecule has 0 unspecified atom stereocenters. The Hall–Kier alpha value is -2.02. The predicted octanol–water partition coefficient (Wildman–Crippen LogP) is 2.26. The highest BCUT2D eigenvalue weighted by atomic mass is 32.2. The maximum absolute atomic E-state index is 12.2. The fourth-order valence-electron chi connectivity index (χ4n) is 3.20. The van der Waals surface area contributed by atoms with Gasteiger partial charge in [-0.3, -0.25) is 0 Å². The highest BCUT2D eigenvalue weighted by molar-refractivity contribution is 7.99. The summed E-state index contributed by atoms with van der Waals surface area (Å²) in [6, 6.07) is 8.21. The van der Waals surface area contributed by atoms with Crippen molar-refractivity contribution in [1.82, 2.24) is 25.4 Å². The van der Waals surface area contributed by atoms with Gasteiger partial charge in [0.25, 0.3) is 0 Å². The number of thioether (sulfide) groups is 1. The van der Waals surface area contributed by atoms with E-state index in [9.17, 15) is 4.79 Å². The topological polar surface area (TPSA) is 71.8 Å². The van der Waals surface area contributed by atoms with Gasteiger partial charge in [-0.25, -0.2) is 4.79 Å². The Morgan fingerprint density at radius 1 is 1.35 bits per heavy atom. The number of nitrogens with one attached hydrogen (secondary N) is 2. The molecule has 120 valence electrons. The van der Waals surface area contributed by atoms with E-state index in [1.165, 1.54) is 10.5 Å². The molecule has 3 heterocycles. The van der Waals surface area contributed by atoms with Crippen molar-refractivity contribution in [1.29, 1.82) is 0 Å². The summed E-state index contributed by atoms with van der Waals surface area (Å²) in [6.45, 7) is 1.37. The molecule has 7 heteroatoms. The molecule has 0 saturated heterocycles. The Labute approximate surface area is 139 Å². The highest BCUT2D eigenvalue weighted by Gasteiger charge is 2.22. The lowest BCUT2D eigenvalue weighted by Crippen LogP contribution is -2.39. The first kappa shape index (κ1) is 14.6. The molecule has 2 N–H and O–H groups in total. The lowest BCUT2D eigenvalue weighted by Gasteiger charge is -2.25. The molecule has 0 fully saturated rings. The zero-order valence-corrected chi connectivity index (χ0v) is 13.6. The summed E-state index contributed by atoms with van der Waals surface area (Å²) in [7, 11) is 0. The van der Waals surface area contributed by atoms with E-state index in [0.29, 0.717) is 6.54 Å². The van der Waals surface area contributed by atoms with Crippen LogP contribution in [0.3, 0.4) is 0 Å². The van der Waals surface area contributed by atoms with Crippen molar-refractivity contribution in [2.45, 2.75) is 43.3 Å². The SMILES string of the molecule is O=C(NCc1nnc2n1CCC2)N[C@@H]1CCSc2ccccc21. The van der Waals surface area contributed by atoms with Gasteiger partial charge in [0.15, 0.2) is 5.82 Å². The molecule has 1 aromatic carbocycles. The van der Waals surface area contributed by atoms with Crippen molar-refractivity contribution < 1.29 is 4.79 Å². The maximum Gasteiger partial charge on any atom is 0.315 e. The van der Waals surface area contributed by atoms with Crippen LogP contribution in [0.5, 0.6) is 0 Å². The average molecular weight is 329 g/mol. The number of aryl methyl sites for hydroxylation is 1. The number of hydrogen-bond donors (Lipinski definition) is 2. The third kappa shape index (κ3) is 2.93. The lowest BCUT2D eigenvalue weighted by atomic mass is 10.0.